The summed E-state index contributed by atoms with van der Waals surface area (Å²) in [5.41, 5.74) is 0. The summed E-state index contributed by atoms with van der Waals surface area (Å²) >= 11 is 0. The largest absolute Gasteiger partial charge is 0.876 e. The third-order valence-corrected chi connectivity index (χ3v) is 4.88. The Bertz CT molecular complexity index is 1790. The van der Waals surface area contributed by atoms with Crippen LogP contribution in [0.2, 0.25) is 0 Å². The molecule has 0 spiro atoms. The van der Waals surface area contributed by atoms with Gasteiger partial charge in [0.05, 0.1) is 0 Å². The maximum Gasteiger partial charge on any atom is 0.151 e. The summed E-state index contributed by atoms with van der Waals surface area (Å²) in [5.74, 6) is -4.50. The minimum atomic E-state index is -0.187. The Labute approximate surface area is 534 Å². The summed E-state index contributed by atoms with van der Waals surface area (Å²) < 4.78 is 0. The Kier molecular flexibility index (Phi) is 94.3. The molecule has 0 rings (SSSR count). The van der Waals surface area contributed by atoms with E-state index in [4.69, 9.17) is 0 Å². The Morgan fingerprint density at radius 1 is 0.141 bits per heavy atom. The van der Waals surface area contributed by atoms with Gasteiger partial charge in [0.15, 0.2) is 69.4 Å². The van der Waals surface area contributed by atoms with Gasteiger partial charge in [-0.1, -0.05) is 83.1 Å². The molecule has 0 aliphatic carbocycles. The second-order valence-electron chi connectivity index (χ2n) is 16.4. The SMILES string of the molecule is CC(=O)/C=C(/C)[O-].CC(=O)/C=C(/C)[O-].CC(=O)/C=C(/C)[O-].CC(=O)/C=C(/C)[O-].CC(=O)/C=C(/C)[O-].CC(=O)/C=C(/C)[O-].CC(=O)/C=C(/C)[O-].CC(=O)/C=C(/C)[O-].CC(=O)/C=C(/C)[O-].CC(=O)/C=C(/C)[O-].CC(=O)/C=C(/C)[O-].CC(=O)/C=C(/C)[O-].[Ce]. The summed E-state index contributed by atoms with van der Waals surface area (Å²) in [6, 6.07) is 0. The molecule has 0 aromatic rings. The third kappa shape index (κ3) is 260. The monoisotopic (exact) mass is 1330 g/mol. The molecular weight excluding hydrogens is 1240 g/mol. The van der Waals surface area contributed by atoms with Crippen LogP contribution in [0.5, 0.6) is 0 Å². The van der Waals surface area contributed by atoms with Gasteiger partial charge in [0.25, 0.3) is 0 Å². The molecule has 0 bridgehead atoms. The van der Waals surface area contributed by atoms with E-state index in [1.165, 1.54) is 166 Å². The standard InChI is InChI=1S/12C5H8O2.Ce/c12*1-4(6)3-5(2)7;/h12*3,6H,1-2H3;/p-12/b12*4-3-;. The van der Waals surface area contributed by atoms with E-state index in [0.29, 0.717) is 0 Å². The van der Waals surface area contributed by atoms with Crippen LogP contribution >= 0.6 is 0 Å². The summed E-state index contributed by atoms with van der Waals surface area (Å²) in [6.07, 6.45) is 12.7. The van der Waals surface area contributed by atoms with Gasteiger partial charge in [-0.05, 0) is 156 Å². The molecule has 0 unspecified atom stereocenters. The zero-order valence-corrected chi connectivity index (χ0v) is 56.4. The molecule has 24 nitrogen and oxygen atoms in total. The topological polar surface area (TPSA) is 482 Å². The van der Waals surface area contributed by atoms with Crippen LogP contribution in [0.1, 0.15) is 166 Å². The first-order chi connectivity index (χ1) is 37.5. The number of hydrogen-bond donors (Lipinski definition) is 0. The van der Waals surface area contributed by atoms with Crippen molar-refractivity contribution in [2.24, 2.45) is 0 Å². The summed E-state index contributed by atoms with van der Waals surface area (Å²) in [4.78, 5) is 120. The first-order valence-electron chi connectivity index (χ1n) is 23.8. The smallest absolute Gasteiger partial charge is 0.151 e. The van der Waals surface area contributed by atoms with E-state index in [9.17, 15) is 119 Å². The van der Waals surface area contributed by atoms with Crippen LogP contribution in [-0.2, 0) is 57.5 Å². The first kappa shape index (κ1) is 108. The molecule has 484 valence electrons. The van der Waals surface area contributed by atoms with Gasteiger partial charge in [-0.2, -0.15) is 0 Å². The third-order valence-electron chi connectivity index (χ3n) is 4.88. The van der Waals surface area contributed by atoms with Crippen LogP contribution in [0.3, 0.4) is 0 Å². The first-order valence-corrected chi connectivity index (χ1v) is 23.8. The summed E-state index contributed by atoms with van der Waals surface area (Å²) in [6.45, 7) is 32.4. The Hall–Kier alpha value is -8.10. The molecule has 0 aliphatic rings. The van der Waals surface area contributed by atoms with Crippen LogP contribution in [-0.4, -0.2) is 69.4 Å². The van der Waals surface area contributed by atoms with Crippen molar-refractivity contribution in [3.63, 3.8) is 0 Å². The maximum absolute atomic E-state index is 9.98. The van der Waals surface area contributed by atoms with Crippen molar-refractivity contribution in [1.29, 1.82) is 0 Å². The molecule has 0 aliphatic heterocycles. The quantitative estimate of drug-likeness (QED) is 0.152. The molecule has 0 saturated heterocycles. The molecule has 85 heavy (non-hydrogen) atoms. The van der Waals surface area contributed by atoms with E-state index >= 15 is 0 Å². The van der Waals surface area contributed by atoms with Crippen molar-refractivity contribution >= 4 is 69.4 Å². The van der Waals surface area contributed by atoms with Crippen molar-refractivity contribution < 1.29 is 161 Å². The normalized spacial score (nSPS) is 11.3. The van der Waals surface area contributed by atoms with Gasteiger partial charge in [-0.3, -0.25) is 57.5 Å². The Morgan fingerprint density at radius 3 is 0.176 bits per heavy atom. The van der Waals surface area contributed by atoms with Gasteiger partial charge in [0.2, 0.25) is 0 Å². The van der Waals surface area contributed by atoms with Crippen molar-refractivity contribution in [3.8, 4) is 0 Å². The zero-order valence-electron chi connectivity index (χ0n) is 53.2. The van der Waals surface area contributed by atoms with Crippen LogP contribution in [0.4, 0.5) is 0 Å². The molecule has 0 aromatic carbocycles. The predicted molar refractivity (Wildman–Crippen MR) is 293 cm³/mol. The van der Waals surface area contributed by atoms with Crippen molar-refractivity contribution in [2.45, 2.75) is 166 Å². The fourth-order valence-corrected chi connectivity index (χ4v) is 3.43. The van der Waals surface area contributed by atoms with Crippen LogP contribution in [0, 0.1) is 41.7 Å². The van der Waals surface area contributed by atoms with E-state index in [2.05, 4.69) is 0 Å². The van der Waals surface area contributed by atoms with E-state index in [1.54, 1.807) is 0 Å². The fourth-order valence-electron chi connectivity index (χ4n) is 3.43. The minimum Gasteiger partial charge on any atom is -0.876 e. The van der Waals surface area contributed by atoms with Gasteiger partial charge in [0, 0.05) is 41.7 Å². The fraction of sp³-hybridized carbons (Fsp3) is 0.400. The molecule has 0 aromatic heterocycles. The van der Waals surface area contributed by atoms with Gasteiger partial charge in [-0.25, -0.2) is 0 Å². The summed E-state index contributed by atoms with van der Waals surface area (Å²) in [5, 5.41) is 120. The molecular formula is C60H84CeO24-12. The predicted octanol–water partition coefficient (Wildman–Crippen LogP) is -1.93. The molecule has 0 heterocycles. The van der Waals surface area contributed by atoms with E-state index in [1.807, 2.05) is 0 Å². The second kappa shape index (κ2) is 73.9. The number of carbonyl (C=O) groups excluding carboxylic acids is 12. The van der Waals surface area contributed by atoms with Crippen LogP contribution < -0.4 is 61.3 Å². The van der Waals surface area contributed by atoms with Crippen molar-refractivity contribution in [3.05, 3.63) is 142 Å². The molecule has 0 saturated carbocycles. The van der Waals surface area contributed by atoms with Gasteiger partial charge in [0.1, 0.15) is 0 Å². The number of rotatable bonds is 12. The molecule has 25 heteroatoms. The van der Waals surface area contributed by atoms with Gasteiger partial charge >= 0.3 is 0 Å². The Balaban J connectivity index is -0.0000000604. The van der Waals surface area contributed by atoms with Crippen molar-refractivity contribution in [2.75, 3.05) is 0 Å². The zero-order chi connectivity index (χ0) is 70.3. The number of hydrogen-bond acceptors (Lipinski definition) is 24. The minimum absolute atomic E-state index is 0. The van der Waals surface area contributed by atoms with E-state index in [0.717, 1.165) is 72.9 Å². The molecule has 0 fully saturated rings. The van der Waals surface area contributed by atoms with Crippen molar-refractivity contribution in [1.82, 2.24) is 0 Å². The van der Waals surface area contributed by atoms with Crippen LogP contribution in [0.25, 0.3) is 0 Å². The average Bonchev–Trinajstić information content (AvgIpc) is 3.14. The molecule has 0 amide bonds. The average molecular weight is 1330 g/mol. The summed E-state index contributed by atoms with van der Waals surface area (Å²) in [7, 11) is 0. The maximum atomic E-state index is 9.98. The van der Waals surface area contributed by atoms with Gasteiger partial charge in [-0.15, -0.1) is 69.1 Å². The Morgan fingerprint density at radius 2 is 0.176 bits per heavy atom. The van der Waals surface area contributed by atoms with E-state index in [-0.39, 0.29) is 180 Å². The second-order valence-corrected chi connectivity index (χ2v) is 16.4. The van der Waals surface area contributed by atoms with Gasteiger partial charge < -0.3 is 61.3 Å². The molecule has 0 atom stereocenters. The van der Waals surface area contributed by atoms with Crippen LogP contribution in [0.15, 0.2) is 142 Å². The molecule has 0 N–H and O–H groups in total. The number of carbonyl (C=O) groups is 12. The number of ketones is 12. The molecule has 0 radical (unpaired) electrons. The number of allylic oxidation sites excluding steroid dienone is 24. The van der Waals surface area contributed by atoms with E-state index < -0.39 is 0 Å².